The molecule has 18 heavy (non-hydrogen) atoms. The van der Waals surface area contributed by atoms with E-state index in [0.717, 1.165) is 0 Å². The molecule has 0 saturated heterocycles. The number of benzene rings is 1. The normalized spacial score (nSPS) is 8.72. The van der Waals surface area contributed by atoms with Crippen molar-refractivity contribution in [3.05, 3.63) is 39.8 Å². The summed E-state index contributed by atoms with van der Waals surface area (Å²) in [5, 5.41) is 12.0. The fraction of sp³-hybridized carbons (Fsp3) is 0.250. The summed E-state index contributed by atoms with van der Waals surface area (Å²) in [4.78, 5) is 13.2. The van der Waals surface area contributed by atoms with E-state index in [-0.39, 0.29) is 13.0 Å². The van der Waals surface area contributed by atoms with Gasteiger partial charge in [-0.15, -0.1) is 0 Å². The van der Waals surface area contributed by atoms with E-state index in [2.05, 4.69) is 21.9 Å². The van der Waals surface area contributed by atoms with E-state index < -0.39 is 5.97 Å². The molecule has 6 nitrogen and oxygen atoms in total. The zero-order chi connectivity index (χ0) is 13.4. The number of carboxylic acids is 1. The fourth-order valence-electron chi connectivity index (χ4n) is 1.34. The summed E-state index contributed by atoms with van der Waals surface area (Å²) >= 11 is 0. The van der Waals surface area contributed by atoms with E-state index in [4.69, 9.17) is 15.4 Å². The van der Waals surface area contributed by atoms with Gasteiger partial charge in [0, 0.05) is 16.0 Å². The third kappa shape index (κ3) is 4.08. The summed E-state index contributed by atoms with van der Waals surface area (Å²) in [5.41, 5.74) is 9.34. The number of methoxy groups -OCH3 is 1. The Kier molecular flexibility index (Phi) is 5.10. The van der Waals surface area contributed by atoms with E-state index in [1.54, 1.807) is 18.2 Å². The average molecular weight is 245 g/mol. The first-order valence-corrected chi connectivity index (χ1v) is 5.06. The minimum absolute atomic E-state index is 0.0929. The van der Waals surface area contributed by atoms with Crippen LogP contribution in [-0.2, 0) is 11.2 Å². The average Bonchev–Trinajstić information content (AvgIpc) is 2.35. The summed E-state index contributed by atoms with van der Waals surface area (Å²) in [7, 11) is 1.47. The van der Waals surface area contributed by atoms with Crippen LogP contribution in [0.5, 0.6) is 5.75 Å². The van der Waals surface area contributed by atoms with Crippen molar-refractivity contribution in [3.8, 4) is 17.6 Å². The molecular weight excluding hydrogens is 234 g/mol. The van der Waals surface area contributed by atoms with Crippen LogP contribution in [-0.4, -0.2) is 24.7 Å². The zero-order valence-electron chi connectivity index (χ0n) is 9.75. The minimum Gasteiger partial charge on any atom is -0.496 e. The van der Waals surface area contributed by atoms with Gasteiger partial charge in [0.05, 0.1) is 20.1 Å². The van der Waals surface area contributed by atoms with Crippen LogP contribution in [0.2, 0.25) is 0 Å². The molecule has 1 aromatic rings. The number of carboxylic acid groups (broad SMARTS) is 1. The predicted octanol–water partition coefficient (Wildman–Crippen LogP) is 1.98. The molecule has 0 heterocycles. The standard InChI is InChI=1S/C12H11N3O3/c1-18-11-7-9(3-2-6-14-15-13)4-5-10(11)8-12(16)17/h4-5,7H,6,8H2,1H3,(H,16,17). The summed E-state index contributed by atoms with van der Waals surface area (Å²) in [6.07, 6.45) is -0.102. The molecule has 0 aromatic heterocycles. The Morgan fingerprint density at radius 1 is 1.61 bits per heavy atom. The van der Waals surface area contributed by atoms with E-state index in [9.17, 15) is 4.79 Å². The maximum atomic E-state index is 10.6. The van der Waals surface area contributed by atoms with Crippen LogP contribution in [0.3, 0.4) is 0 Å². The highest BCUT2D eigenvalue weighted by Gasteiger charge is 2.07. The van der Waals surface area contributed by atoms with Crippen molar-refractivity contribution in [2.45, 2.75) is 6.42 Å². The second-order valence-corrected chi connectivity index (χ2v) is 3.29. The molecule has 0 unspecified atom stereocenters. The van der Waals surface area contributed by atoms with Crippen molar-refractivity contribution in [3.63, 3.8) is 0 Å². The number of nitrogens with zero attached hydrogens (tertiary/aromatic N) is 3. The number of azide groups is 1. The zero-order valence-corrected chi connectivity index (χ0v) is 9.75. The topological polar surface area (TPSA) is 95.3 Å². The molecule has 1 rings (SSSR count). The molecule has 0 bridgehead atoms. The van der Waals surface area contributed by atoms with Gasteiger partial charge in [-0.1, -0.05) is 23.0 Å². The predicted molar refractivity (Wildman–Crippen MR) is 65.2 cm³/mol. The Balaban J connectivity index is 2.93. The smallest absolute Gasteiger partial charge is 0.307 e. The molecule has 0 fully saturated rings. The van der Waals surface area contributed by atoms with Gasteiger partial charge in [-0.05, 0) is 17.7 Å². The van der Waals surface area contributed by atoms with Gasteiger partial charge in [0.1, 0.15) is 5.75 Å². The second kappa shape index (κ2) is 6.84. The van der Waals surface area contributed by atoms with Gasteiger partial charge in [-0.2, -0.15) is 0 Å². The summed E-state index contributed by atoms with van der Waals surface area (Å²) < 4.78 is 5.10. The van der Waals surface area contributed by atoms with Crippen molar-refractivity contribution in [1.82, 2.24) is 0 Å². The molecule has 0 spiro atoms. The third-order valence-corrected chi connectivity index (χ3v) is 2.07. The second-order valence-electron chi connectivity index (χ2n) is 3.29. The maximum Gasteiger partial charge on any atom is 0.307 e. The fourth-order valence-corrected chi connectivity index (χ4v) is 1.34. The summed E-state index contributed by atoms with van der Waals surface area (Å²) in [6.45, 7) is 0.0929. The lowest BCUT2D eigenvalue weighted by Crippen LogP contribution is -2.02. The SMILES string of the molecule is COc1cc(C#CCN=[N+]=[N-])ccc1CC(=O)O. The van der Waals surface area contributed by atoms with E-state index in [1.807, 2.05) is 0 Å². The van der Waals surface area contributed by atoms with Gasteiger partial charge in [-0.25, -0.2) is 0 Å². The first kappa shape index (κ1) is 13.4. The maximum absolute atomic E-state index is 10.6. The molecular formula is C12H11N3O3. The van der Waals surface area contributed by atoms with Gasteiger partial charge in [0.25, 0.3) is 0 Å². The van der Waals surface area contributed by atoms with Crippen LogP contribution < -0.4 is 4.74 Å². The molecule has 0 aliphatic heterocycles. The van der Waals surface area contributed by atoms with Gasteiger partial charge in [-0.3, -0.25) is 4.79 Å². The number of aliphatic carboxylic acids is 1. The lowest BCUT2D eigenvalue weighted by Gasteiger charge is -2.06. The Hall–Kier alpha value is -2.64. The molecule has 0 saturated carbocycles. The number of carbonyl (C=O) groups is 1. The Morgan fingerprint density at radius 3 is 3.00 bits per heavy atom. The van der Waals surface area contributed by atoms with E-state index in [1.165, 1.54) is 7.11 Å². The van der Waals surface area contributed by atoms with Crippen molar-refractivity contribution in [1.29, 1.82) is 0 Å². The monoisotopic (exact) mass is 245 g/mol. The largest absolute Gasteiger partial charge is 0.496 e. The lowest BCUT2D eigenvalue weighted by molar-refractivity contribution is -0.136. The van der Waals surface area contributed by atoms with Crippen LogP contribution in [0.4, 0.5) is 0 Å². The van der Waals surface area contributed by atoms with Gasteiger partial charge in [0.15, 0.2) is 0 Å². The van der Waals surface area contributed by atoms with Gasteiger partial charge >= 0.3 is 5.97 Å². The van der Waals surface area contributed by atoms with E-state index in [0.29, 0.717) is 16.9 Å². The lowest BCUT2D eigenvalue weighted by atomic mass is 10.1. The van der Waals surface area contributed by atoms with Gasteiger partial charge in [0.2, 0.25) is 0 Å². The number of hydrogen-bond acceptors (Lipinski definition) is 3. The Labute approximate surface area is 104 Å². The molecule has 0 radical (unpaired) electrons. The van der Waals surface area contributed by atoms with Crippen molar-refractivity contribution in [2.24, 2.45) is 5.11 Å². The molecule has 0 amide bonds. The van der Waals surface area contributed by atoms with Crippen molar-refractivity contribution in [2.75, 3.05) is 13.7 Å². The summed E-state index contributed by atoms with van der Waals surface area (Å²) in [5.74, 6) is 5.02. The summed E-state index contributed by atoms with van der Waals surface area (Å²) in [6, 6.07) is 5.01. The van der Waals surface area contributed by atoms with Crippen LogP contribution >= 0.6 is 0 Å². The highest BCUT2D eigenvalue weighted by atomic mass is 16.5. The third-order valence-electron chi connectivity index (χ3n) is 2.07. The van der Waals surface area contributed by atoms with Crippen LogP contribution in [0, 0.1) is 11.8 Å². The molecule has 1 aromatic carbocycles. The quantitative estimate of drug-likeness (QED) is 0.380. The highest BCUT2D eigenvalue weighted by molar-refractivity contribution is 5.71. The molecule has 1 N–H and O–H groups in total. The first-order valence-electron chi connectivity index (χ1n) is 5.06. The van der Waals surface area contributed by atoms with E-state index >= 15 is 0 Å². The molecule has 6 heteroatoms. The highest BCUT2D eigenvalue weighted by Crippen LogP contribution is 2.20. The van der Waals surface area contributed by atoms with Crippen molar-refractivity contribution < 1.29 is 14.6 Å². The molecule has 92 valence electrons. The molecule has 0 atom stereocenters. The minimum atomic E-state index is -0.921. The van der Waals surface area contributed by atoms with Crippen LogP contribution in [0.1, 0.15) is 11.1 Å². The van der Waals surface area contributed by atoms with Gasteiger partial charge < -0.3 is 9.84 Å². The number of hydrogen-bond donors (Lipinski definition) is 1. The molecule has 0 aliphatic rings. The van der Waals surface area contributed by atoms with Crippen LogP contribution in [0.15, 0.2) is 23.3 Å². The Morgan fingerprint density at radius 2 is 2.39 bits per heavy atom. The van der Waals surface area contributed by atoms with Crippen LogP contribution in [0.25, 0.3) is 10.4 Å². The molecule has 0 aliphatic carbocycles. The first-order chi connectivity index (χ1) is 8.67. The van der Waals surface area contributed by atoms with Crippen molar-refractivity contribution >= 4 is 5.97 Å². The number of ether oxygens (including phenoxy) is 1. The Bertz CT molecular complexity index is 551. The number of rotatable bonds is 4.